The molecule has 2 rings (SSSR count). The molecule has 1 fully saturated rings. The molecule has 88 valence electrons. The minimum Gasteiger partial charge on any atom is -0.233 e. The molecule has 0 N–H and O–H groups in total. The molecule has 1 aromatic carbocycles. The molecule has 0 radical (unpaired) electrons. The van der Waals surface area contributed by atoms with Crippen LogP contribution < -0.4 is 0 Å². The highest BCUT2D eigenvalue weighted by Crippen LogP contribution is 2.34. The first-order valence-corrected chi connectivity index (χ1v) is 9.62. The first-order valence-electron chi connectivity index (χ1n) is 5.92. The van der Waals surface area contributed by atoms with Gasteiger partial charge in [0.15, 0.2) is 0 Å². The summed E-state index contributed by atoms with van der Waals surface area (Å²) in [5.74, 6) is 0. The summed E-state index contributed by atoms with van der Waals surface area (Å²) in [5.41, 5.74) is 1.22. The van der Waals surface area contributed by atoms with Crippen molar-refractivity contribution in [2.45, 2.75) is 44.3 Å². The SMILES string of the molecule is C[Si](C)(C)C[C@H]1C[C@H](c2ccccc2)OO1. The predicted octanol–water partition coefficient (Wildman–Crippen LogP) is 3.79. The zero-order valence-corrected chi connectivity index (χ0v) is 11.3. The number of rotatable bonds is 3. The van der Waals surface area contributed by atoms with Crippen molar-refractivity contribution >= 4 is 8.07 Å². The van der Waals surface area contributed by atoms with Gasteiger partial charge in [0.2, 0.25) is 0 Å². The molecule has 1 saturated heterocycles. The van der Waals surface area contributed by atoms with E-state index in [1.807, 2.05) is 18.2 Å². The molecular weight excluding hydrogens is 216 g/mol. The predicted molar refractivity (Wildman–Crippen MR) is 67.9 cm³/mol. The molecule has 1 aromatic rings. The summed E-state index contributed by atoms with van der Waals surface area (Å²) in [6.07, 6.45) is 1.41. The van der Waals surface area contributed by atoms with Crippen molar-refractivity contribution in [3.8, 4) is 0 Å². The Kier molecular flexibility index (Phi) is 3.47. The molecule has 0 unspecified atom stereocenters. The second-order valence-electron chi connectivity index (χ2n) is 5.71. The van der Waals surface area contributed by atoms with Crippen LogP contribution in [0.25, 0.3) is 0 Å². The van der Waals surface area contributed by atoms with Crippen molar-refractivity contribution in [3.63, 3.8) is 0 Å². The number of hydrogen-bond donors (Lipinski definition) is 0. The summed E-state index contributed by atoms with van der Waals surface area (Å²) in [6, 6.07) is 11.5. The van der Waals surface area contributed by atoms with E-state index in [-0.39, 0.29) is 12.2 Å². The van der Waals surface area contributed by atoms with E-state index in [4.69, 9.17) is 9.78 Å². The van der Waals surface area contributed by atoms with Crippen LogP contribution in [0.15, 0.2) is 30.3 Å². The van der Waals surface area contributed by atoms with Crippen LogP contribution in [0, 0.1) is 0 Å². The highest BCUT2D eigenvalue weighted by atomic mass is 28.3. The molecule has 1 aliphatic rings. The Balaban J connectivity index is 1.94. The zero-order valence-electron chi connectivity index (χ0n) is 10.3. The van der Waals surface area contributed by atoms with Gasteiger partial charge in [-0.15, -0.1) is 0 Å². The van der Waals surface area contributed by atoms with Gasteiger partial charge in [-0.05, 0) is 11.6 Å². The fourth-order valence-corrected chi connectivity index (χ4v) is 3.72. The molecule has 0 aliphatic carbocycles. The maximum atomic E-state index is 5.43. The molecule has 0 saturated carbocycles. The maximum absolute atomic E-state index is 5.43. The first-order chi connectivity index (χ1) is 7.54. The average Bonchev–Trinajstić information content (AvgIpc) is 2.65. The molecule has 16 heavy (non-hydrogen) atoms. The van der Waals surface area contributed by atoms with E-state index in [1.54, 1.807) is 0 Å². The Morgan fingerprint density at radius 1 is 1.12 bits per heavy atom. The molecule has 2 atom stereocenters. The van der Waals surface area contributed by atoms with Crippen LogP contribution in [0.4, 0.5) is 0 Å². The normalized spacial score (nSPS) is 25.9. The molecule has 0 bridgehead atoms. The molecule has 0 spiro atoms. The summed E-state index contributed by atoms with van der Waals surface area (Å²) in [4.78, 5) is 10.9. The summed E-state index contributed by atoms with van der Waals surface area (Å²) in [7, 11) is -1.06. The third kappa shape index (κ3) is 3.17. The molecule has 1 aliphatic heterocycles. The van der Waals surface area contributed by atoms with E-state index >= 15 is 0 Å². The van der Waals surface area contributed by atoms with E-state index in [1.165, 1.54) is 11.6 Å². The molecule has 3 heteroatoms. The molecule has 0 amide bonds. The summed E-state index contributed by atoms with van der Waals surface area (Å²) in [6.45, 7) is 7.10. The topological polar surface area (TPSA) is 18.5 Å². The van der Waals surface area contributed by atoms with Crippen molar-refractivity contribution < 1.29 is 9.78 Å². The summed E-state index contributed by atoms with van der Waals surface area (Å²) in [5, 5.41) is 0. The Bertz CT molecular complexity index is 332. The smallest absolute Gasteiger partial charge is 0.121 e. The molecular formula is C13H20O2Si. The lowest BCUT2D eigenvalue weighted by atomic mass is 10.1. The number of hydrogen-bond acceptors (Lipinski definition) is 2. The molecule has 1 heterocycles. The average molecular weight is 236 g/mol. The summed E-state index contributed by atoms with van der Waals surface area (Å²) < 4.78 is 0. The van der Waals surface area contributed by atoms with E-state index in [0.29, 0.717) is 0 Å². The second-order valence-corrected chi connectivity index (χ2v) is 11.2. The van der Waals surface area contributed by atoms with Gasteiger partial charge in [-0.3, -0.25) is 0 Å². The van der Waals surface area contributed by atoms with Crippen LogP contribution in [0.5, 0.6) is 0 Å². The largest absolute Gasteiger partial charge is 0.233 e. The van der Waals surface area contributed by atoms with E-state index in [0.717, 1.165) is 6.42 Å². The minimum atomic E-state index is -1.06. The van der Waals surface area contributed by atoms with Crippen molar-refractivity contribution in [2.24, 2.45) is 0 Å². The van der Waals surface area contributed by atoms with Crippen LogP contribution in [0.1, 0.15) is 18.1 Å². The van der Waals surface area contributed by atoms with Gasteiger partial charge in [0.25, 0.3) is 0 Å². The fraction of sp³-hybridized carbons (Fsp3) is 0.538. The number of benzene rings is 1. The molecule has 2 nitrogen and oxygen atoms in total. The van der Waals surface area contributed by atoms with E-state index in [9.17, 15) is 0 Å². The van der Waals surface area contributed by atoms with Gasteiger partial charge in [-0.25, -0.2) is 9.78 Å². The molecule has 0 aromatic heterocycles. The Morgan fingerprint density at radius 2 is 1.81 bits per heavy atom. The van der Waals surface area contributed by atoms with E-state index in [2.05, 4.69) is 31.8 Å². The maximum Gasteiger partial charge on any atom is 0.121 e. The van der Waals surface area contributed by atoms with Crippen LogP contribution in [-0.4, -0.2) is 14.2 Å². The Hall–Kier alpha value is -0.643. The van der Waals surface area contributed by atoms with Crippen molar-refractivity contribution in [3.05, 3.63) is 35.9 Å². The van der Waals surface area contributed by atoms with Gasteiger partial charge in [-0.2, -0.15) is 0 Å². The highest BCUT2D eigenvalue weighted by molar-refractivity contribution is 6.76. The second kappa shape index (κ2) is 4.70. The first kappa shape index (κ1) is 11.8. The van der Waals surface area contributed by atoms with Gasteiger partial charge in [0.1, 0.15) is 6.10 Å². The highest BCUT2D eigenvalue weighted by Gasteiger charge is 2.32. The van der Waals surface area contributed by atoms with Gasteiger partial charge in [-0.1, -0.05) is 50.0 Å². The standard InChI is InChI=1S/C13H20O2Si/c1-16(2,3)10-12-9-13(15-14-12)11-7-5-4-6-8-11/h4-8,12-13H,9-10H2,1-3H3/t12-,13-/m1/s1. The van der Waals surface area contributed by atoms with Crippen molar-refractivity contribution in [1.82, 2.24) is 0 Å². The third-order valence-electron chi connectivity index (χ3n) is 2.80. The van der Waals surface area contributed by atoms with Crippen LogP contribution in [0.2, 0.25) is 25.7 Å². The third-order valence-corrected chi connectivity index (χ3v) is 4.48. The van der Waals surface area contributed by atoms with Crippen LogP contribution >= 0.6 is 0 Å². The van der Waals surface area contributed by atoms with E-state index < -0.39 is 8.07 Å². The van der Waals surface area contributed by atoms with Gasteiger partial charge < -0.3 is 0 Å². The van der Waals surface area contributed by atoms with Gasteiger partial charge >= 0.3 is 0 Å². The van der Waals surface area contributed by atoms with Gasteiger partial charge in [0, 0.05) is 14.5 Å². The Morgan fingerprint density at radius 3 is 2.44 bits per heavy atom. The zero-order chi connectivity index (χ0) is 11.6. The van der Waals surface area contributed by atoms with Crippen LogP contribution in [0.3, 0.4) is 0 Å². The minimum absolute atomic E-state index is 0.127. The lowest BCUT2D eigenvalue weighted by molar-refractivity contribution is -0.295. The lowest BCUT2D eigenvalue weighted by Crippen LogP contribution is -2.26. The van der Waals surface area contributed by atoms with Crippen LogP contribution in [-0.2, 0) is 9.78 Å². The fourth-order valence-electron chi connectivity index (χ4n) is 2.12. The lowest BCUT2D eigenvalue weighted by Gasteiger charge is -2.18. The quantitative estimate of drug-likeness (QED) is 0.587. The van der Waals surface area contributed by atoms with Gasteiger partial charge in [0.05, 0.1) is 6.10 Å². The van der Waals surface area contributed by atoms with Crippen molar-refractivity contribution in [2.75, 3.05) is 0 Å². The Labute approximate surface area is 98.5 Å². The van der Waals surface area contributed by atoms with Crippen molar-refractivity contribution in [1.29, 1.82) is 0 Å². The monoisotopic (exact) mass is 236 g/mol. The summed E-state index contributed by atoms with van der Waals surface area (Å²) >= 11 is 0.